The fraction of sp³-hybridized carbons (Fsp3) is 0.263. The molecule has 0 atom stereocenters. The molecule has 0 spiro atoms. The van der Waals surface area contributed by atoms with Crippen LogP contribution in [0.2, 0.25) is 0 Å². The van der Waals surface area contributed by atoms with Gasteiger partial charge in [-0.05, 0) is 36.4 Å². The van der Waals surface area contributed by atoms with Crippen LogP contribution in [0.5, 0.6) is 0 Å². The van der Waals surface area contributed by atoms with Gasteiger partial charge in [-0.25, -0.2) is 4.98 Å². The fourth-order valence-electron chi connectivity index (χ4n) is 2.75. The number of carbonyl (C=O) groups is 1. The number of imidazole rings is 1. The van der Waals surface area contributed by atoms with Gasteiger partial charge in [0.05, 0.1) is 24.2 Å². The van der Waals surface area contributed by atoms with Crippen molar-refractivity contribution in [1.29, 1.82) is 0 Å². The van der Waals surface area contributed by atoms with Crippen molar-refractivity contribution in [2.45, 2.75) is 0 Å². The highest BCUT2D eigenvalue weighted by Crippen LogP contribution is 2.18. The molecule has 0 aliphatic heterocycles. The van der Waals surface area contributed by atoms with Crippen molar-refractivity contribution in [3.8, 4) is 5.69 Å². The zero-order valence-corrected chi connectivity index (χ0v) is 14.1. The van der Waals surface area contributed by atoms with Crippen LogP contribution in [0.1, 0.15) is 10.4 Å². The first-order valence-corrected chi connectivity index (χ1v) is 8.16. The van der Waals surface area contributed by atoms with Gasteiger partial charge in [-0.2, -0.15) is 0 Å². The largest absolute Gasteiger partial charge is 0.395 e. The highest BCUT2D eigenvalue weighted by Gasteiger charge is 2.15. The zero-order chi connectivity index (χ0) is 17.6. The molecule has 0 unspecified atom stereocenters. The number of para-hydroxylation sites is 2. The van der Waals surface area contributed by atoms with Crippen LogP contribution in [0.3, 0.4) is 0 Å². The summed E-state index contributed by atoms with van der Waals surface area (Å²) in [7, 11) is 1.59. The minimum Gasteiger partial charge on any atom is -0.395 e. The number of aromatic nitrogens is 2. The molecular weight excluding hydrogens is 318 g/mol. The molecule has 0 fully saturated rings. The van der Waals surface area contributed by atoms with E-state index in [0.717, 1.165) is 16.7 Å². The SMILES string of the molecule is COCCN(CCO)C(=O)c1ccc(-n2cnc3ccccc32)cc1. The quantitative estimate of drug-likeness (QED) is 0.716. The summed E-state index contributed by atoms with van der Waals surface area (Å²) in [6.07, 6.45) is 1.78. The smallest absolute Gasteiger partial charge is 0.254 e. The molecule has 6 heteroatoms. The standard InChI is InChI=1S/C19H21N3O3/c1-25-13-11-21(10-12-23)19(24)15-6-8-16(9-7-15)22-14-20-17-4-2-3-5-18(17)22/h2-9,14,23H,10-13H2,1H3. The number of carbonyl (C=O) groups excluding carboxylic acids is 1. The first-order chi connectivity index (χ1) is 12.2. The van der Waals surface area contributed by atoms with E-state index in [9.17, 15) is 4.79 Å². The minimum absolute atomic E-state index is 0.0748. The van der Waals surface area contributed by atoms with Crippen LogP contribution in [0.15, 0.2) is 54.9 Å². The monoisotopic (exact) mass is 339 g/mol. The molecule has 3 rings (SSSR count). The lowest BCUT2D eigenvalue weighted by Gasteiger charge is -2.21. The lowest BCUT2D eigenvalue weighted by atomic mass is 10.1. The van der Waals surface area contributed by atoms with Crippen molar-refractivity contribution in [2.24, 2.45) is 0 Å². The lowest BCUT2D eigenvalue weighted by molar-refractivity contribution is 0.0656. The third kappa shape index (κ3) is 3.70. The van der Waals surface area contributed by atoms with Gasteiger partial charge in [0.2, 0.25) is 0 Å². The van der Waals surface area contributed by atoms with Crippen LogP contribution in [0.4, 0.5) is 0 Å². The maximum Gasteiger partial charge on any atom is 0.254 e. The Bertz CT molecular complexity index is 843. The molecule has 2 aromatic carbocycles. The number of methoxy groups -OCH3 is 1. The van der Waals surface area contributed by atoms with Gasteiger partial charge in [0.1, 0.15) is 6.33 Å². The van der Waals surface area contributed by atoms with Gasteiger partial charge in [0.25, 0.3) is 5.91 Å². The molecule has 0 radical (unpaired) electrons. The summed E-state index contributed by atoms with van der Waals surface area (Å²) in [6, 6.07) is 15.3. The van der Waals surface area contributed by atoms with Crippen molar-refractivity contribution < 1.29 is 14.6 Å². The molecule has 1 amide bonds. The first-order valence-electron chi connectivity index (χ1n) is 8.16. The second-order valence-corrected chi connectivity index (χ2v) is 5.66. The summed E-state index contributed by atoms with van der Waals surface area (Å²) in [5.41, 5.74) is 3.47. The van der Waals surface area contributed by atoms with Gasteiger partial charge in [0.15, 0.2) is 0 Å². The van der Waals surface area contributed by atoms with Gasteiger partial charge >= 0.3 is 0 Å². The van der Waals surface area contributed by atoms with Crippen molar-refractivity contribution in [3.63, 3.8) is 0 Å². The van der Waals surface area contributed by atoms with Crippen molar-refractivity contribution in [1.82, 2.24) is 14.5 Å². The van der Waals surface area contributed by atoms with Gasteiger partial charge in [-0.3, -0.25) is 9.36 Å². The third-order valence-corrected chi connectivity index (χ3v) is 4.07. The van der Waals surface area contributed by atoms with E-state index in [0.29, 0.717) is 18.7 Å². The summed E-state index contributed by atoms with van der Waals surface area (Å²) in [5, 5.41) is 9.16. The van der Waals surface area contributed by atoms with Crippen LogP contribution >= 0.6 is 0 Å². The Labute approximate surface area is 146 Å². The normalized spacial score (nSPS) is 11.0. The molecule has 3 aromatic rings. The number of aliphatic hydroxyl groups is 1. The van der Waals surface area contributed by atoms with E-state index in [1.165, 1.54) is 0 Å². The van der Waals surface area contributed by atoms with E-state index >= 15 is 0 Å². The topological polar surface area (TPSA) is 67.6 Å². The molecule has 1 N–H and O–H groups in total. The molecule has 6 nitrogen and oxygen atoms in total. The zero-order valence-electron chi connectivity index (χ0n) is 14.1. The number of ether oxygens (including phenoxy) is 1. The summed E-state index contributed by atoms with van der Waals surface area (Å²) in [6.45, 7) is 1.10. The van der Waals surface area contributed by atoms with Crippen LogP contribution in [-0.4, -0.2) is 58.9 Å². The average Bonchev–Trinajstić information content (AvgIpc) is 3.09. The molecule has 130 valence electrons. The number of aliphatic hydroxyl groups excluding tert-OH is 1. The Kier molecular flexibility index (Phi) is 5.42. The summed E-state index contributed by atoms with van der Waals surface area (Å²) in [5.74, 6) is -0.117. The Morgan fingerprint density at radius 2 is 1.92 bits per heavy atom. The Hall–Kier alpha value is -2.70. The number of nitrogens with zero attached hydrogens (tertiary/aromatic N) is 3. The van der Waals surface area contributed by atoms with Gasteiger partial charge < -0.3 is 14.7 Å². The van der Waals surface area contributed by atoms with Gasteiger partial charge in [-0.1, -0.05) is 12.1 Å². The van der Waals surface area contributed by atoms with E-state index in [1.807, 2.05) is 41.0 Å². The highest BCUT2D eigenvalue weighted by atomic mass is 16.5. The van der Waals surface area contributed by atoms with Gasteiger partial charge in [0, 0.05) is 31.5 Å². The number of benzene rings is 2. The second kappa shape index (κ2) is 7.92. The first kappa shape index (κ1) is 17.1. The van der Waals surface area contributed by atoms with Crippen LogP contribution in [0.25, 0.3) is 16.7 Å². The van der Waals surface area contributed by atoms with Crippen molar-refractivity contribution in [3.05, 3.63) is 60.4 Å². The third-order valence-electron chi connectivity index (χ3n) is 4.07. The maximum atomic E-state index is 12.6. The number of fused-ring (bicyclic) bond motifs is 1. The van der Waals surface area contributed by atoms with E-state index in [4.69, 9.17) is 9.84 Å². The van der Waals surface area contributed by atoms with Crippen molar-refractivity contribution >= 4 is 16.9 Å². The van der Waals surface area contributed by atoms with Crippen LogP contribution in [-0.2, 0) is 4.74 Å². The molecule has 0 aliphatic rings. The second-order valence-electron chi connectivity index (χ2n) is 5.66. The van der Waals surface area contributed by atoms with E-state index in [1.54, 1.807) is 30.5 Å². The number of rotatable bonds is 7. The fourth-order valence-corrected chi connectivity index (χ4v) is 2.75. The predicted octanol–water partition coefficient (Wildman–Crippen LogP) is 2.11. The average molecular weight is 339 g/mol. The van der Waals surface area contributed by atoms with E-state index in [2.05, 4.69) is 4.98 Å². The Morgan fingerprint density at radius 1 is 1.16 bits per heavy atom. The van der Waals surface area contributed by atoms with E-state index < -0.39 is 0 Å². The summed E-state index contributed by atoms with van der Waals surface area (Å²) in [4.78, 5) is 18.6. The Morgan fingerprint density at radius 3 is 2.64 bits per heavy atom. The van der Waals surface area contributed by atoms with Crippen LogP contribution in [0, 0.1) is 0 Å². The Balaban J connectivity index is 1.82. The summed E-state index contributed by atoms with van der Waals surface area (Å²) < 4.78 is 7.01. The number of hydrogen-bond donors (Lipinski definition) is 1. The summed E-state index contributed by atoms with van der Waals surface area (Å²) >= 11 is 0. The number of hydrogen-bond acceptors (Lipinski definition) is 4. The number of amides is 1. The maximum absolute atomic E-state index is 12.6. The molecule has 0 bridgehead atoms. The predicted molar refractivity (Wildman–Crippen MR) is 95.9 cm³/mol. The van der Waals surface area contributed by atoms with E-state index in [-0.39, 0.29) is 19.1 Å². The highest BCUT2D eigenvalue weighted by molar-refractivity contribution is 5.94. The lowest BCUT2D eigenvalue weighted by Crippen LogP contribution is -2.36. The van der Waals surface area contributed by atoms with Gasteiger partial charge in [-0.15, -0.1) is 0 Å². The molecule has 1 heterocycles. The molecule has 0 aliphatic carbocycles. The van der Waals surface area contributed by atoms with Crippen molar-refractivity contribution in [2.75, 3.05) is 33.4 Å². The molecule has 0 saturated heterocycles. The molecular formula is C19H21N3O3. The molecule has 1 aromatic heterocycles. The minimum atomic E-state index is -0.117. The molecule has 25 heavy (non-hydrogen) atoms. The molecule has 0 saturated carbocycles. The van der Waals surface area contributed by atoms with Crippen LogP contribution < -0.4 is 0 Å².